The number of thiazole rings is 1. The summed E-state index contributed by atoms with van der Waals surface area (Å²) in [6, 6.07) is 0. The molecular weight excluding hydrogens is 218 g/mol. The summed E-state index contributed by atoms with van der Waals surface area (Å²) in [6.07, 6.45) is 4.05. The second-order valence-corrected chi connectivity index (χ2v) is 5.43. The topological polar surface area (TPSA) is 39.2 Å². The Kier molecular flexibility index (Phi) is 3.08. The van der Waals surface area contributed by atoms with E-state index in [9.17, 15) is 4.79 Å². The number of nitrogens with zero attached hydrogens (tertiary/aromatic N) is 1. The zero-order chi connectivity index (χ0) is 9.97. The van der Waals surface area contributed by atoms with E-state index in [1.165, 1.54) is 37.0 Å². The Bertz CT molecular complexity index is 331. The van der Waals surface area contributed by atoms with Crippen LogP contribution in [0.3, 0.4) is 0 Å². The van der Waals surface area contributed by atoms with Gasteiger partial charge in [0.2, 0.25) is 0 Å². The molecule has 1 aliphatic rings. The molecule has 1 atom stereocenters. The monoisotopic (exact) mass is 229 g/mol. The summed E-state index contributed by atoms with van der Waals surface area (Å²) in [5, 5.41) is 1.56. The van der Waals surface area contributed by atoms with E-state index >= 15 is 0 Å². The Morgan fingerprint density at radius 3 is 3.21 bits per heavy atom. The average molecular weight is 229 g/mol. The standard InChI is InChI=1S/C9H11NO2S2/c1-12-9(11)7-5-10-8(14-7)6-3-2-4-13-6/h5-6H,2-4H2,1H3. The fourth-order valence-electron chi connectivity index (χ4n) is 1.40. The Morgan fingerprint density at radius 1 is 1.71 bits per heavy atom. The molecule has 0 bridgehead atoms. The number of hydrogen-bond donors (Lipinski definition) is 0. The molecule has 0 N–H and O–H groups in total. The maximum absolute atomic E-state index is 11.2. The third kappa shape index (κ3) is 1.93. The lowest BCUT2D eigenvalue weighted by Crippen LogP contribution is -1.96. The number of ether oxygens (including phenoxy) is 1. The lowest BCUT2D eigenvalue weighted by molar-refractivity contribution is 0.0606. The van der Waals surface area contributed by atoms with Crippen LogP contribution in [0.25, 0.3) is 0 Å². The van der Waals surface area contributed by atoms with Gasteiger partial charge in [0.05, 0.1) is 18.6 Å². The average Bonchev–Trinajstić information content (AvgIpc) is 2.86. The molecule has 2 rings (SSSR count). The third-order valence-corrected chi connectivity index (χ3v) is 4.74. The molecule has 5 heteroatoms. The largest absolute Gasteiger partial charge is 0.465 e. The molecule has 2 heterocycles. The minimum atomic E-state index is -0.281. The summed E-state index contributed by atoms with van der Waals surface area (Å²) in [7, 11) is 1.39. The van der Waals surface area contributed by atoms with Crippen LogP contribution in [0.5, 0.6) is 0 Å². The van der Waals surface area contributed by atoms with E-state index in [1.807, 2.05) is 11.8 Å². The van der Waals surface area contributed by atoms with Gasteiger partial charge in [-0.15, -0.1) is 11.3 Å². The predicted molar refractivity (Wildman–Crippen MR) is 57.9 cm³/mol. The van der Waals surface area contributed by atoms with E-state index in [1.54, 1.807) is 6.20 Å². The predicted octanol–water partition coefficient (Wildman–Crippen LogP) is 2.50. The van der Waals surface area contributed by atoms with Crippen LogP contribution in [0.4, 0.5) is 0 Å². The molecule has 1 aliphatic heterocycles. The molecule has 0 spiro atoms. The van der Waals surface area contributed by atoms with Gasteiger partial charge in [-0.25, -0.2) is 9.78 Å². The molecule has 76 valence electrons. The number of thioether (sulfide) groups is 1. The summed E-state index contributed by atoms with van der Waals surface area (Å²) in [5.74, 6) is 0.925. The van der Waals surface area contributed by atoms with Crippen molar-refractivity contribution in [2.24, 2.45) is 0 Å². The first-order chi connectivity index (χ1) is 6.81. The van der Waals surface area contributed by atoms with Gasteiger partial charge in [-0.2, -0.15) is 11.8 Å². The number of esters is 1. The van der Waals surface area contributed by atoms with Crippen LogP contribution in [0, 0.1) is 0 Å². The number of methoxy groups -OCH3 is 1. The molecular formula is C9H11NO2S2. The minimum Gasteiger partial charge on any atom is -0.465 e. The molecule has 0 amide bonds. The van der Waals surface area contributed by atoms with E-state index in [4.69, 9.17) is 0 Å². The Labute approximate surface area is 90.9 Å². The second kappa shape index (κ2) is 4.31. The molecule has 0 aliphatic carbocycles. The van der Waals surface area contributed by atoms with Crippen molar-refractivity contribution in [3.63, 3.8) is 0 Å². The van der Waals surface area contributed by atoms with Crippen LogP contribution < -0.4 is 0 Å². The number of carbonyl (C=O) groups is 1. The van der Waals surface area contributed by atoms with Crippen molar-refractivity contribution in [3.05, 3.63) is 16.1 Å². The summed E-state index contributed by atoms with van der Waals surface area (Å²) >= 11 is 3.38. The van der Waals surface area contributed by atoms with E-state index in [0.29, 0.717) is 10.1 Å². The summed E-state index contributed by atoms with van der Waals surface area (Å²) < 4.78 is 4.64. The lowest BCUT2D eigenvalue weighted by atomic mass is 10.3. The zero-order valence-corrected chi connectivity index (χ0v) is 9.49. The molecule has 0 radical (unpaired) electrons. The number of aromatic nitrogens is 1. The van der Waals surface area contributed by atoms with Gasteiger partial charge in [0.1, 0.15) is 9.88 Å². The molecule has 3 nitrogen and oxygen atoms in total. The van der Waals surface area contributed by atoms with E-state index in [0.717, 1.165) is 5.01 Å². The van der Waals surface area contributed by atoms with Gasteiger partial charge in [-0.05, 0) is 18.6 Å². The van der Waals surface area contributed by atoms with Crippen molar-refractivity contribution >= 4 is 29.1 Å². The highest BCUT2D eigenvalue weighted by Crippen LogP contribution is 2.41. The first-order valence-corrected chi connectivity index (χ1v) is 6.33. The van der Waals surface area contributed by atoms with Crippen molar-refractivity contribution in [2.75, 3.05) is 12.9 Å². The Balaban J connectivity index is 2.12. The molecule has 0 aromatic carbocycles. The van der Waals surface area contributed by atoms with Crippen LogP contribution in [-0.4, -0.2) is 23.8 Å². The second-order valence-electron chi connectivity index (χ2n) is 3.06. The molecule has 1 saturated heterocycles. The van der Waals surface area contributed by atoms with Gasteiger partial charge in [0.15, 0.2) is 0 Å². The maximum Gasteiger partial charge on any atom is 0.349 e. The van der Waals surface area contributed by atoms with Crippen molar-refractivity contribution in [1.82, 2.24) is 4.98 Å². The third-order valence-electron chi connectivity index (χ3n) is 2.12. The fourth-order valence-corrected chi connectivity index (χ4v) is 3.76. The van der Waals surface area contributed by atoms with Gasteiger partial charge in [-0.3, -0.25) is 0 Å². The van der Waals surface area contributed by atoms with Gasteiger partial charge in [0, 0.05) is 0 Å². The highest BCUT2D eigenvalue weighted by Gasteiger charge is 2.22. The van der Waals surface area contributed by atoms with E-state index in [-0.39, 0.29) is 5.97 Å². The molecule has 1 unspecified atom stereocenters. The van der Waals surface area contributed by atoms with Gasteiger partial charge >= 0.3 is 5.97 Å². The molecule has 1 fully saturated rings. The van der Waals surface area contributed by atoms with E-state index < -0.39 is 0 Å². The van der Waals surface area contributed by atoms with Gasteiger partial charge in [-0.1, -0.05) is 0 Å². The number of hydrogen-bond acceptors (Lipinski definition) is 5. The summed E-state index contributed by atoms with van der Waals surface area (Å²) in [5.41, 5.74) is 0. The maximum atomic E-state index is 11.2. The minimum absolute atomic E-state index is 0.281. The molecule has 1 aromatic rings. The van der Waals surface area contributed by atoms with Gasteiger partial charge < -0.3 is 4.74 Å². The van der Waals surface area contributed by atoms with Crippen molar-refractivity contribution in [3.8, 4) is 0 Å². The van der Waals surface area contributed by atoms with E-state index in [2.05, 4.69) is 9.72 Å². The molecule has 14 heavy (non-hydrogen) atoms. The SMILES string of the molecule is COC(=O)c1cnc(C2CCCS2)s1. The van der Waals surface area contributed by atoms with Crippen LogP contribution >= 0.6 is 23.1 Å². The highest BCUT2D eigenvalue weighted by atomic mass is 32.2. The van der Waals surface area contributed by atoms with Crippen molar-refractivity contribution < 1.29 is 9.53 Å². The molecule has 0 saturated carbocycles. The summed E-state index contributed by atoms with van der Waals surface area (Å²) in [6.45, 7) is 0. The first-order valence-electron chi connectivity index (χ1n) is 4.47. The fraction of sp³-hybridized carbons (Fsp3) is 0.556. The van der Waals surface area contributed by atoms with Crippen molar-refractivity contribution in [1.29, 1.82) is 0 Å². The smallest absolute Gasteiger partial charge is 0.349 e. The van der Waals surface area contributed by atoms with Crippen molar-refractivity contribution in [2.45, 2.75) is 18.1 Å². The summed E-state index contributed by atoms with van der Waals surface area (Å²) in [4.78, 5) is 16.1. The zero-order valence-electron chi connectivity index (χ0n) is 7.86. The lowest BCUT2D eigenvalue weighted by Gasteiger charge is -2.01. The van der Waals surface area contributed by atoms with Crippen LogP contribution in [0.2, 0.25) is 0 Å². The number of carbonyl (C=O) groups excluding carboxylic acids is 1. The number of rotatable bonds is 2. The highest BCUT2D eigenvalue weighted by molar-refractivity contribution is 7.99. The van der Waals surface area contributed by atoms with Crippen LogP contribution in [0.1, 0.15) is 32.8 Å². The Hall–Kier alpha value is -0.550. The quantitative estimate of drug-likeness (QED) is 0.730. The Morgan fingerprint density at radius 2 is 2.57 bits per heavy atom. The van der Waals surface area contributed by atoms with Crippen LogP contribution in [0.15, 0.2) is 6.20 Å². The van der Waals surface area contributed by atoms with Gasteiger partial charge in [0.25, 0.3) is 0 Å². The van der Waals surface area contributed by atoms with Crippen LogP contribution in [-0.2, 0) is 4.74 Å². The first kappa shape index (κ1) is 9.98. The molecule has 1 aromatic heterocycles. The normalized spacial score (nSPS) is 21.1.